The predicted octanol–water partition coefficient (Wildman–Crippen LogP) is 1.23. The van der Waals surface area contributed by atoms with Gasteiger partial charge in [0.25, 0.3) is 0 Å². The molecule has 1 atom stereocenters. The largest absolute Gasteiger partial charge is 0.480 e. The normalized spacial score (nSPS) is 13.6. The molecule has 2 N–H and O–H groups in total. The highest BCUT2D eigenvalue weighted by Gasteiger charge is 2.16. The van der Waals surface area contributed by atoms with Gasteiger partial charge in [-0.25, -0.2) is 4.84 Å². The molecule has 0 bridgehead atoms. The van der Waals surface area contributed by atoms with Gasteiger partial charge in [-0.1, -0.05) is 13.8 Å². The zero-order valence-electron chi connectivity index (χ0n) is 6.10. The average molecular weight is 166 g/mol. The van der Waals surface area contributed by atoms with Gasteiger partial charge < -0.3 is 5.11 Å². The summed E-state index contributed by atoms with van der Waals surface area (Å²) in [5, 5.41) is 8.48. The lowest BCUT2D eigenvalue weighted by atomic mass is 10.1. The average Bonchev–Trinajstić information content (AvgIpc) is 1.81. The van der Waals surface area contributed by atoms with Gasteiger partial charge in [0.1, 0.15) is 6.04 Å². The first-order valence-electron chi connectivity index (χ1n) is 3.17. The van der Waals surface area contributed by atoms with Crippen LogP contribution in [0.25, 0.3) is 0 Å². The van der Waals surface area contributed by atoms with Crippen LogP contribution in [-0.4, -0.2) is 17.1 Å². The molecule has 0 aromatic rings. The molecule has 10 heavy (non-hydrogen) atoms. The molecule has 60 valence electrons. The lowest BCUT2D eigenvalue weighted by Crippen LogP contribution is -2.31. The van der Waals surface area contributed by atoms with Crippen LogP contribution in [0.1, 0.15) is 20.3 Å². The maximum Gasteiger partial charge on any atom is 0.321 e. The van der Waals surface area contributed by atoms with E-state index in [9.17, 15) is 4.79 Å². The van der Waals surface area contributed by atoms with Crippen molar-refractivity contribution in [3.63, 3.8) is 0 Å². The number of rotatable bonds is 4. The van der Waals surface area contributed by atoms with E-state index in [4.69, 9.17) is 16.9 Å². The Labute approximate surface area is 65.5 Å². The Morgan fingerprint density at radius 2 is 2.20 bits per heavy atom. The standard InChI is InChI=1S/C6H12ClNO2/c1-4(2)3-5(8-7)6(9)10/h4-5,8H,3H2,1-2H3,(H,9,10)/t5-/m0/s1. The molecule has 0 spiro atoms. The molecule has 0 amide bonds. The summed E-state index contributed by atoms with van der Waals surface area (Å²) in [4.78, 5) is 12.5. The Morgan fingerprint density at radius 1 is 1.70 bits per heavy atom. The maximum absolute atomic E-state index is 10.3. The summed E-state index contributed by atoms with van der Waals surface area (Å²) in [5.74, 6) is -0.559. The summed E-state index contributed by atoms with van der Waals surface area (Å²) in [5.41, 5.74) is 0. The summed E-state index contributed by atoms with van der Waals surface area (Å²) in [7, 11) is 0. The minimum absolute atomic E-state index is 0.340. The molecular formula is C6H12ClNO2. The van der Waals surface area contributed by atoms with Gasteiger partial charge >= 0.3 is 5.97 Å². The van der Waals surface area contributed by atoms with E-state index < -0.39 is 12.0 Å². The Hall–Kier alpha value is -0.280. The molecule has 0 aliphatic rings. The van der Waals surface area contributed by atoms with Crippen molar-refractivity contribution in [3.05, 3.63) is 0 Å². The van der Waals surface area contributed by atoms with Crippen LogP contribution in [-0.2, 0) is 4.79 Å². The highest BCUT2D eigenvalue weighted by molar-refractivity contribution is 6.14. The van der Waals surface area contributed by atoms with Crippen LogP contribution in [0.2, 0.25) is 0 Å². The van der Waals surface area contributed by atoms with Crippen LogP contribution in [0.4, 0.5) is 0 Å². The number of aliphatic carboxylic acids is 1. The van der Waals surface area contributed by atoms with Crippen molar-refractivity contribution in [2.24, 2.45) is 5.92 Å². The van der Waals surface area contributed by atoms with Gasteiger partial charge in [-0.2, -0.15) is 0 Å². The number of nitrogens with one attached hydrogen (secondary N) is 1. The van der Waals surface area contributed by atoms with E-state index in [1.165, 1.54) is 0 Å². The first kappa shape index (κ1) is 9.72. The fourth-order valence-corrected chi connectivity index (χ4v) is 0.846. The SMILES string of the molecule is CC(C)C[C@H](NCl)C(=O)O. The number of hydrogen-bond donors (Lipinski definition) is 2. The van der Waals surface area contributed by atoms with Crippen molar-refractivity contribution in [1.82, 2.24) is 4.84 Å². The highest BCUT2D eigenvalue weighted by atomic mass is 35.5. The van der Waals surface area contributed by atoms with E-state index in [1.54, 1.807) is 0 Å². The smallest absolute Gasteiger partial charge is 0.321 e. The lowest BCUT2D eigenvalue weighted by molar-refractivity contribution is -0.139. The molecule has 0 rings (SSSR count). The van der Waals surface area contributed by atoms with E-state index in [2.05, 4.69) is 4.84 Å². The molecule has 4 heteroatoms. The van der Waals surface area contributed by atoms with Crippen LogP contribution in [0.3, 0.4) is 0 Å². The number of halogens is 1. The van der Waals surface area contributed by atoms with E-state index in [0.29, 0.717) is 12.3 Å². The number of carbonyl (C=O) groups is 1. The quantitative estimate of drug-likeness (QED) is 0.616. The third kappa shape index (κ3) is 3.69. The fraction of sp³-hybridized carbons (Fsp3) is 0.833. The number of carboxylic acids is 1. The number of carboxylic acid groups (broad SMARTS) is 1. The monoisotopic (exact) mass is 165 g/mol. The third-order valence-corrected chi connectivity index (χ3v) is 1.40. The minimum atomic E-state index is -0.899. The van der Waals surface area contributed by atoms with E-state index in [0.717, 1.165) is 0 Å². The van der Waals surface area contributed by atoms with Crippen LogP contribution in [0.15, 0.2) is 0 Å². The summed E-state index contributed by atoms with van der Waals surface area (Å²) in [6.07, 6.45) is 0.554. The molecule has 0 unspecified atom stereocenters. The molecule has 0 aliphatic carbocycles. The van der Waals surface area contributed by atoms with Gasteiger partial charge in [-0.3, -0.25) is 4.79 Å². The van der Waals surface area contributed by atoms with Gasteiger partial charge in [-0.15, -0.1) is 0 Å². The molecule has 0 saturated carbocycles. The Bertz CT molecular complexity index is 116. The van der Waals surface area contributed by atoms with Gasteiger partial charge in [0, 0.05) is 0 Å². The van der Waals surface area contributed by atoms with Gasteiger partial charge in [-0.05, 0) is 24.1 Å². The van der Waals surface area contributed by atoms with Gasteiger partial charge in [0.05, 0.1) is 0 Å². The zero-order valence-corrected chi connectivity index (χ0v) is 6.85. The first-order chi connectivity index (χ1) is 4.57. The van der Waals surface area contributed by atoms with Gasteiger partial charge in [0.15, 0.2) is 0 Å². The van der Waals surface area contributed by atoms with Crippen LogP contribution in [0.5, 0.6) is 0 Å². The van der Waals surface area contributed by atoms with E-state index in [1.807, 2.05) is 13.8 Å². The second-order valence-corrected chi connectivity index (χ2v) is 2.85. The molecule has 0 fully saturated rings. The van der Waals surface area contributed by atoms with Crippen molar-refractivity contribution in [2.45, 2.75) is 26.3 Å². The Balaban J connectivity index is 3.72. The van der Waals surface area contributed by atoms with Crippen molar-refractivity contribution < 1.29 is 9.90 Å². The molecule has 0 aromatic carbocycles. The zero-order chi connectivity index (χ0) is 8.15. The molecule has 0 saturated heterocycles. The first-order valence-corrected chi connectivity index (χ1v) is 3.54. The molecule has 3 nitrogen and oxygen atoms in total. The minimum Gasteiger partial charge on any atom is -0.480 e. The molecule has 0 aromatic heterocycles. The second-order valence-electron chi connectivity index (χ2n) is 2.63. The Kier molecular flexibility index (Phi) is 4.40. The molecular weight excluding hydrogens is 154 g/mol. The van der Waals surface area contributed by atoms with Gasteiger partial charge in [0.2, 0.25) is 0 Å². The third-order valence-electron chi connectivity index (χ3n) is 1.14. The maximum atomic E-state index is 10.3. The van der Waals surface area contributed by atoms with Crippen LogP contribution < -0.4 is 4.84 Å². The molecule has 0 radical (unpaired) electrons. The topological polar surface area (TPSA) is 49.3 Å². The number of hydrogen-bond acceptors (Lipinski definition) is 2. The molecule has 0 aliphatic heterocycles. The molecule has 0 heterocycles. The van der Waals surface area contributed by atoms with Crippen LogP contribution >= 0.6 is 11.8 Å². The van der Waals surface area contributed by atoms with Crippen molar-refractivity contribution in [1.29, 1.82) is 0 Å². The highest BCUT2D eigenvalue weighted by Crippen LogP contribution is 2.04. The summed E-state index contributed by atoms with van der Waals surface area (Å²) < 4.78 is 0. The fourth-order valence-electron chi connectivity index (χ4n) is 0.663. The lowest BCUT2D eigenvalue weighted by Gasteiger charge is -2.10. The van der Waals surface area contributed by atoms with E-state index in [-0.39, 0.29) is 0 Å². The van der Waals surface area contributed by atoms with Crippen molar-refractivity contribution in [3.8, 4) is 0 Å². The summed E-state index contributed by atoms with van der Waals surface area (Å²) >= 11 is 5.18. The summed E-state index contributed by atoms with van der Waals surface area (Å²) in [6, 6.07) is -0.623. The predicted molar refractivity (Wildman–Crippen MR) is 39.9 cm³/mol. The Morgan fingerprint density at radius 3 is 2.30 bits per heavy atom. The van der Waals surface area contributed by atoms with Crippen molar-refractivity contribution >= 4 is 17.7 Å². The van der Waals surface area contributed by atoms with Crippen molar-refractivity contribution in [2.75, 3.05) is 0 Å². The summed E-state index contributed by atoms with van der Waals surface area (Å²) in [6.45, 7) is 3.90. The van der Waals surface area contributed by atoms with Crippen LogP contribution in [0, 0.1) is 5.92 Å². The van der Waals surface area contributed by atoms with E-state index >= 15 is 0 Å². The second kappa shape index (κ2) is 4.52.